The number of rotatable bonds is 7. The Balaban J connectivity index is 1.85. The van der Waals surface area contributed by atoms with E-state index >= 15 is 0 Å². The van der Waals surface area contributed by atoms with Crippen LogP contribution in [0.3, 0.4) is 0 Å². The minimum absolute atomic E-state index is 0.147. The third-order valence-corrected chi connectivity index (χ3v) is 5.60. The first kappa shape index (κ1) is 22.0. The van der Waals surface area contributed by atoms with Crippen LogP contribution in [0, 0.1) is 6.92 Å². The highest BCUT2D eigenvalue weighted by molar-refractivity contribution is 6.18. The lowest BCUT2D eigenvalue weighted by atomic mass is 9.93. The van der Waals surface area contributed by atoms with Gasteiger partial charge in [-0.25, -0.2) is 9.78 Å². The molecule has 0 radical (unpaired) electrons. The van der Waals surface area contributed by atoms with Crippen LogP contribution in [0.5, 0.6) is 0 Å². The Bertz CT molecular complexity index is 1430. The van der Waals surface area contributed by atoms with Crippen LogP contribution in [0.25, 0.3) is 16.6 Å². The molecule has 0 atom stereocenters. The highest BCUT2D eigenvalue weighted by Crippen LogP contribution is 2.25. The quantitative estimate of drug-likeness (QED) is 0.401. The van der Waals surface area contributed by atoms with Gasteiger partial charge >= 0.3 is 5.97 Å². The minimum Gasteiger partial charge on any atom is -0.475 e. The van der Waals surface area contributed by atoms with Crippen molar-refractivity contribution in [3.05, 3.63) is 92.8 Å². The van der Waals surface area contributed by atoms with Crippen molar-refractivity contribution in [3.63, 3.8) is 0 Å². The van der Waals surface area contributed by atoms with Crippen LogP contribution in [-0.4, -0.2) is 33.5 Å². The van der Waals surface area contributed by atoms with Gasteiger partial charge in [-0.2, -0.15) is 0 Å². The number of fused-ring (bicyclic) bond motifs is 1. The molecular formula is C24H23N5O4. The molecule has 0 saturated heterocycles. The van der Waals surface area contributed by atoms with Crippen LogP contribution < -0.4 is 21.9 Å². The zero-order valence-electron chi connectivity index (χ0n) is 18.2. The van der Waals surface area contributed by atoms with Crippen LogP contribution in [0.2, 0.25) is 0 Å². The summed E-state index contributed by atoms with van der Waals surface area (Å²) >= 11 is 0. The molecule has 0 bridgehead atoms. The average Bonchev–Trinajstić information content (AvgIpc) is 2.80. The highest BCUT2D eigenvalue weighted by atomic mass is 16.4. The zero-order valence-corrected chi connectivity index (χ0v) is 18.2. The first-order valence-corrected chi connectivity index (χ1v) is 10.3. The van der Waals surface area contributed by atoms with E-state index in [2.05, 4.69) is 22.2 Å². The number of aromatic nitrogens is 2. The number of carbonyl (C=O) groups excluding carboxylic acids is 1. The lowest BCUT2D eigenvalue weighted by Gasteiger charge is -2.25. The first-order valence-electron chi connectivity index (χ1n) is 10.3. The molecule has 0 spiro atoms. The number of hydrogen-bond donors (Lipinski definition) is 4. The number of Topliss-reactive ketones (excluding diaryl/α,β-unsaturated/α-hetero) is 1. The van der Waals surface area contributed by atoms with Crippen molar-refractivity contribution >= 4 is 22.7 Å². The number of nitrogens with one attached hydrogen (secondary N) is 2. The van der Waals surface area contributed by atoms with Crippen molar-refractivity contribution in [1.29, 1.82) is 0 Å². The Morgan fingerprint density at radius 2 is 1.91 bits per heavy atom. The second kappa shape index (κ2) is 8.36. The SMILES string of the molecule is C=C1C(=O)C(NC)=C1NCc1cc(CN)cc(-n2c(C(=O)O)nc3cccc(C)c3c2=O)c1. The number of hydrogen-bond acceptors (Lipinski definition) is 7. The number of allylic oxidation sites excluding steroid dienone is 2. The molecule has 33 heavy (non-hydrogen) atoms. The Kier molecular flexibility index (Phi) is 5.57. The third-order valence-electron chi connectivity index (χ3n) is 5.60. The van der Waals surface area contributed by atoms with Gasteiger partial charge in [-0.15, -0.1) is 0 Å². The summed E-state index contributed by atoms with van der Waals surface area (Å²) in [6.45, 7) is 6.04. The number of nitrogens with two attached hydrogens (primary N) is 1. The molecule has 1 aliphatic rings. The molecule has 2 aromatic carbocycles. The Morgan fingerprint density at radius 3 is 2.58 bits per heavy atom. The van der Waals surface area contributed by atoms with E-state index < -0.39 is 11.5 Å². The topological polar surface area (TPSA) is 139 Å². The molecule has 1 aromatic heterocycles. The van der Waals surface area contributed by atoms with Gasteiger partial charge in [0.05, 0.1) is 22.3 Å². The standard InChI is InChI=1S/C24H23N5O4/c1-12-5-4-6-17-18(12)23(31)29(22(28-17)24(32)33)16-8-14(10-25)7-15(9-16)11-27-19-13(2)21(30)20(19)26-3/h4-9,26-27H,2,10-11,25H2,1,3H3,(H,32,33). The summed E-state index contributed by atoms with van der Waals surface area (Å²) in [4.78, 5) is 41.5. The monoisotopic (exact) mass is 445 g/mol. The van der Waals surface area contributed by atoms with E-state index in [9.17, 15) is 19.5 Å². The van der Waals surface area contributed by atoms with Gasteiger partial charge in [0.15, 0.2) is 0 Å². The summed E-state index contributed by atoms with van der Waals surface area (Å²) in [7, 11) is 1.66. The van der Waals surface area contributed by atoms with Crippen LogP contribution in [0.1, 0.15) is 27.3 Å². The van der Waals surface area contributed by atoms with Gasteiger partial charge in [-0.3, -0.25) is 14.2 Å². The van der Waals surface area contributed by atoms with Crippen LogP contribution in [0.15, 0.2) is 64.7 Å². The van der Waals surface area contributed by atoms with Gasteiger partial charge in [0.1, 0.15) is 5.70 Å². The number of carbonyl (C=O) groups is 2. The van der Waals surface area contributed by atoms with Gasteiger partial charge < -0.3 is 21.5 Å². The first-order chi connectivity index (χ1) is 15.8. The summed E-state index contributed by atoms with van der Waals surface area (Å²) in [5.41, 5.74) is 9.69. The molecule has 4 rings (SSSR count). The Labute approximate surface area is 189 Å². The molecule has 3 aromatic rings. The largest absolute Gasteiger partial charge is 0.475 e. The molecule has 5 N–H and O–H groups in total. The molecule has 0 fully saturated rings. The second-order valence-electron chi connectivity index (χ2n) is 7.72. The van der Waals surface area contributed by atoms with Crippen molar-refractivity contribution in [2.75, 3.05) is 7.05 Å². The number of ketones is 1. The zero-order chi connectivity index (χ0) is 23.9. The Hall–Kier alpha value is -4.24. The fraction of sp³-hybridized carbons (Fsp3) is 0.167. The van der Waals surface area contributed by atoms with E-state index in [0.29, 0.717) is 51.2 Å². The van der Waals surface area contributed by atoms with Crippen LogP contribution >= 0.6 is 0 Å². The van der Waals surface area contributed by atoms with Crippen LogP contribution in [0.4, 0.5) is 0 Å². The molecule has 0 amide bonds. The third kappa shape index (κ3) is 3.68. The van der Waals surface area contributed by atoms with E-state index in [1.54, 1.807) is 44.3 Å². The maximum absolute atomic E-state index is 13.4. The predicted octanol–water partition coefficient (Wildman–Crippen LogP) is 1.51. The Morgan fingerprint density at radius 1 is 1.18 bits per heavy atom. The van der Waals surface area contributed by atoms with Gasteiger partial charge in [0.25, 0.3) is 5.56 Å². The number of carboxylic acid groups (broad SMARTS) is 1. The average molecular weight is 445 g/mol. The lowest BCUT2D eigenvalue weighted by molar-refractivity contribution is -0.113. The van der Waals surface area contributed by atoms with Crippen LogP contribution in [-0.2, 0) is 17.9 Å². The van der Waals surface area contributed by atoms with Crippen molar-refractivity contribution < 1.29 is 14.7 Å². The number of aryl methyl sites for hydroxylation is 1. The van der Waals surface area contributed by atoms with Crippen molar-refractivity contribution in [1.82, 2.24) is 20.2 Å². The molecule has 168 valence electrons. The second-order valence-corrected chi connectivity index (χ2v) is 7.72. The molecule has 1 heterocycles. The molecule has 0 unspecified atom stereocenters. The predicted molar refractivity (Wildman–Crippen MR) is 124 cm³/mol. The van der Waals surface area contributed by atoms with E-state index in [4.69, 9.17) is 5.73 Å². The smallest absolute Gasteiger partial charge is 0.372 e. The molecular weight excluding hydrogens is 422 g/mol. The van der Waals surface area contributed by atoms with Gasteiger partial charge in [0, 0.05) is 25.7 Å². The number of benzene rings is 2. The summed E-state index contributed by atoms with van der Waals surface area (Å²) < 4.78 is 1.10. The molecule has 0 aliphatic heterocycles. The van der Waals surface area contributed by atoms with E-state index in [0.717, 1.165) is 10.1 Å². The van der Waals surface area contributed by atoms with Gasteiger partial charge in [-0.1, -0.05) is 24.8 Å². The summed E-state index contributed by atoms with van der Waals surface area (Å²) in [6, 6.07) is 10.4. The van der Waals surface area contributed by atoms with E-state index in [-0.39, 0.29) is 18.2 Å². The number of aromatic carboxylic acids is 1. The van der Waals surface area contributed by atoms with Gasteiger partial charge in [-0.05, 0) is 41.8 Å². The molecule has 9 heteroatoms. The highest BCUT2D eigenvalue weighted by Gasteiger charge is 2.31. The molecule has 0 saturated carbocycles. The fourth-order valence-electron chi connectivity index (χ4n) is 3.96. The van der Waals surface area contributed by atoms with E-state index in [1.807, 2.05) is 6.07 Å². The summed E-state index contributed by atoms with van der Waals surface area (Å²) in [5, 5.41) is 16.2. The van der Waals surface area contributed by atoms with Crippen molar-refractivity contribution in [3.8, 4) is 5.69 Å². The number of likely N-dealkylation sites (N-methyl/N-ethyl adjacent to an activating group) is 1. The van der Waals surface area contributed by atoms with Gasteiger partial charge in [0.2, 0.25) is 11.6 Å². The summed E-state index contributed by atoms with van der Waals surface area (Å²) in [6.07, 6.45) is 0. The molecule has 9 nitrogen and oxygen atoms in total. The van der Waals surface area contributed by atoms with Crippen molar-refractivity contribution in [2.45, 2.75) is 20.0 Å². The lowest BCUT2D eigenvalue weighted by Crippen LogP contribution is -2.36. The summed E-state index contributed by atoms with van der Waals surface area (Å²) in [5.74, 6) is -1.85. The fourth-order valence-corrected chi connectivity index (χ4v) is 3.96. The van der Waals surface area contributed by atoms with E-state index in [1.165, 1.54) is 0 Å². The molecule has 1 aliphatic carbocycles. The maximum Gasteiger partial charge on any atom is 0.372 e. The normalized spacial score (nSPS) is 13.3. The number of carboxylic acids is 1. The number of nitrogens with zero attached hydrogens (tertiary/aromatic N) is 2. The maximum atomic E-state index is 13.4. The minimum atomic E-state index is -1.32. The van der Waals surface area contributed by atoms with Crippen molar-refractivity contribution in [2.24, 2.45) is 5.73 Å².